The Morgan fingerprint density at radius 3 is 2.71 bits per heavy atom. The first-order valence-corrected chi connectivity index (χ1v) is 7.22. The molecule has 1 aromatic carbocycles. The third-order valence-electron chi connectivity index (χ3n) is 3.27. The second kappa shape index (κ2) is 7.53. The summed E-state index contributed by atoms with van der Waals surface area (Å²) in [5.41, 5.74) is 0.771. The first-order chi connectivity index (χ1) is 10.2. The van der Waals surface area contributed by atoms with Crippen LogP contribution in [0.15, 0.2) is 47.1 Å². The summed E-state index contributed by atoms with van der Waals surface area (Å²) in [6, 6.07) is 11.3. The molecule has 0 spiro atoms. The quantitative estimate of drug-likeness (QED) is 0.779. The van der Waals surface area contributed by atoms with Gasteiger partial charge in [0.1, 0.15) is 12.4 Å². The molecule has 0 bridgehead atoms. The van der Waals surface area contributed by atoms with Gasteiger partial charge in [-0.2, -0.15) is 0 Å². The Hall–Kier alpha value is -2.23. The molecule has 0 radical (unpaired) electrons. The van der Waals surface area contributed by atoms with Crippen LogP contribution in [0.2, 0.25) is 0 Å². The second-order valence-electron chi connectivity index (χ2n) is 4.96. The average Bonchev–Trinajstić information content (AvgIpc) is 2.99. The molecule has 4 nitrogen and oxygen atoms in total. The fourth-order valence-corrected chi connectivity index (χ4v) is 1.98. The maximum absolute atomic E-state index is 12.3. The maximum Gasteiger partial charge on any atom is 0.289 e. The highest BCUT2D eigenvalue weighted by Gasteiger charge is 2.19. The first-order valence-electron chi connectivity index (χ1n) is 7.22. The van der Waals surface area contributed by atoms with E-state index in [0.29, 0.717) is 12.4 Å². The number of amides is 1. The monoisotopic (exact) mass is 287 g/mol. The number of ether oxygens (including phenoxy) is 1. The summed E-state index contributed by atoms with van der Waals surface area (Å²) >= 11 is 0. The summed E-state index contributed by atoms with van der Waals surface area (Å²) in [5, 5.41) is 0. The predicted molar refractivity (Wildman–Crippen MR) is 81.4 cm³/mol. The van der Waals surface area contributed by atoms with Crippen LogP contribution < -0.4 is 4.74 Å². The smallest absolute Gasteiger partial charge is 0.289 e. The standard InChI is InChI=1S/C17H21NO3/c1-3-4-11-18(2)17(19)16-14(10-12-20-16)13-21-15-8-6-5-7-9-15/h5-10,12H,3-4,11,13H2,1-2H3. The largest absolute Gasteiger partial charge is 0.489 e. The Balaban J connectivity index is 1.99. The first kappa shape index (κ1) is 15.2. The van der Waals surface area contributed by atoms with Gasteiger partial charge in [0.2, 0.25) is 0 Å². The van der Waals surface area contributed by atoms with Gasteiger partial charge >= 0.3 is 0 Å². The van der Waals surface area contributed by atoms with Crippen molar-refractivity contribution in [3.63, 3.8) is 0 Å². The lowest BCUT2D eigenvalue weighted by molar-refractivity contribution is 0.0758. The number of carbonyl (C=O) groups is 1. The molecule has 0 aliphatic carbocycles. The van der Waals surface area contributed by atoms with Crippen LogP contribution in [0.4, 0.5) is 0 Å². The van der Waals surface area contributed by atoms with E-state index in [4.69, 9.17) is 9.15 Å². The van der Waals surface area contributed by atoms with Gasteiger partial charge in [0, 0.05) is 19.2 Å². The van der Waals surface area contributed by atoms with Crippen molar-refractivity contribution < 1.29 is 13.9 Å². The van der Waals surface area contributed by atoms with Gasteiger partial charge in [-0.1, -0.05) is 31.5 Å². The molecular formula is C17H21NO3. The molecule has 4 heteroatoms. The van der Waals surface area contributed by atoms with Gasteiger partial charge in [-0.15, -0.1) is 0 Å². The lowest BCUT2D eigenvalue weighted by Gasteiger charge is -2.16. The minimum Gasteiger partial charge on any atom is -0.489 e. The van der Waals surface area contributed by atoms with Gasteiger partial charge < -0.3 is 14.1 Å². The molecule has 112 valence electrons. The second-order valence-corrected chi connectivity index (χ2v) is 4.96. The summed E-state index contributed by atoms with van der Waals surface area (Å²) in [6.45, 7) is 3.16. The van der Waals surface area contributed by atoms with E-state index >= 15 is 0 Å². The molecular weight excluding hydrogens is 266 g/mol. The summed E-state index contributed by atoms with van der Waals surface area (Å²) in [6.07, 6.45) is 3.57. The molecule has 1 aromatic heterocycles. The van der Waals surface area contributed by atoms with Gasteiger partial charge in [0.15, 0.2) is 5.76 Å². The van der Waals surface area contributed by atoms with Crippen molar-refractivity contribution in [1.82, 2.24) is 4.90 Å². The third-order valence-corrected chi connectivity index (χ3v) is 3.27. The fourth-order valence-electron chi connectivity index (χ4n) is 1.98. The molecule has 21 heavy (non-hydrogen) atoms. The number of hydrogen-bond acceptors (Lipinski definition) is 3. The Bertz CT molecular complexity index is 562. The highest BCUT2D eigenvalue weighted by atomic mass is 16.5. The van der Waals surface area contributed by atoms with Gasteiger partial charge in [0.25, 0.3) is 5.91 Å². The van der Waals surface area contributed by atoms with E-state index in [2.05, 4.69) is 6.92 Å². The zero-order valence-corrected chi connectivity index (χ0v) is 12.5. The number of hydrogen-bond donors (Lipinski definition) is 0. The van der Waals surface area contributed by atoms with Crippen LogP contribution in [-0.4, -0.2) is 24.4 Å². The number of nitrogens with zero attached hydrogens (tertiary/aromatic N) is 1. The number of rotatable bonds is 7. The average molecular weight is 287 g/mol. The molecule has 0 saturated carbocycles. The molecule has 0 aliphatic heterocycles. The predicted octanol–water partition coefficient (Wildman–Crippen LogP) is 3.73. The molecule has 0 unspecified atom stereocenters. The summed E-state index contributed by atoms with van der Waals surface area (Å²) in [4.78, 5) is 14.0. The van der Waals surface area contributed by atoms with Gasteiger partial charge in [0.05, 0.1) is 6.26 Å². The highest BCUT2D eigenvalue weighted by Crippen LogP contribution is 2.17. The van der Waals surface area contributed by atoms with Crippen LogP contribution in [0, 0.1) is 0 Å². The van der Waals surface area contributed by atoms with E-state index in [9.17, 15) is 4.79 Å². The Morgan fingerprint density at radius 1 is 1.24 bits per heavy atom. The van der Waals surface area contributed by atoms with Crippen molar-refractivity contribution in [3.8, 4) is 5.75 Å². The normalized spacial score (nSPS) is 10.4. The van der Waals surface area contributed by atoms with Crippen LogP contribution in [0.25, 0.3) is 0 Å². The molecule has 0 atom stereocenters. The molecule has 1 heterocycles. The summed E-state index contributed by atoms with van der Waals surface area (Å²) in [5.74, 6) is 1.04. The topological polar surface area (TPSA) is 42.7 Å². The minimum absolute atomic E-state index is 0.0971. The third kappa shape index (κ3) is 4.12. The lowest BCUT2D eigenvalue weighted by Crippen LogP contribution is -2.28. The van der Waals surface area contributed by atoms with E-state index in [1.807, 2.05) is 30.3 Å². The number of unbranched alkanes of at least 4 members (excludes halogenated alkanes) is 1. The van der Waals surface area contributed by atoms with E-state index in [0.717, 1.165) is 30.7 Å². The van der Waals surface area contributed by atoms with Gasteiger partial charge in [-0.05, 0) is 24.6 Å². The molecule has 0 aliphatic rings. The number of para-hydroxylation sites is 1. The Kier molecular flexibility index (Phi) is 5.43. The zero-order chi connectivity index (χ0) is 15.1. The maximum atomic E-state index is 12.3. The molecule has 0 N–H and O–H groups in total. The lowest BCUT2D eigenvalue weighted by atomic mass is 10.2. The van der Waals surface area contributed by atoms with Gasteiger partial charge in [-0.25, -0.2) is 0 Å². The van der Waals surface area contributed by atoms with Crippen LogP contribution in [-0.2, 0) is 6.61 Å². The molecule has 2 aromatic rings. The van der Waals surface area contributed by atoms with Crippen LogP contribution in [0.3, 0.4) is 0 Å². The van der Waals surface area contributed by atoms with Crippen molar-refractivity contribution in [2.45, 2.75) is 26.4 Å². The van der Waals surface area contributed by atoms with Crippen molar-refractivity contribution in [2.24, 2.45) is 0 Å². The number of carbonyl (C=O) groups excluding carboxylic acids is 1. The number of furan rings is 1. The van der Waals surface area contributed by atoms with E-state index in [-0.39, 0.29) is 5.91 Å². The van der Waals surface area contributed by atoms with Crippen LogP contribution in [0.1, 0.15) is 35.9 Å². The molecule has 0 saturated heterocycles. The van der Waals surface area contributed by atoms with E-state index in [1.165, 1.54) is 6.26 Å². The SMILES string of the molecule is CCCCN(C)C(=O)c1occc1COc1ccccc1. The minimum atomic E-state index is -0.0971. The van der Waals surface area contributed by atoms with Gasteiger partial charge in [-0.3, -0.25) is 4.79 Å². The van der Waals surface area contributed by atoms with Crippen LogP contribution in [0.5, 0.6) is 5.75 Å². The summed E-state index contributed by atoms with van der Waals surface area (Å²) in [7, 11) is 1.79. The van der Waals surface area contributed by atoms with Crippen molar-refractivity contribution in [3.05, 3.63) is 54.0 Å². The van der Waals surface area contributed by atoms with E-state index < -0.39 is 0 Å². The van der Waals surface area contributed by atoms with Crippen molar-refractivity contribution in [1.29, 1.82) is 0 Å². The van der Waals surface area contributed by atoms with Crippen LogP contribution >= 0.6 is 0 Å². The van der Waals surface area contributed by atoms with E-state index in [1.54, 1.807) is 18.0 Å². The zero-order valence-electron chi connectivity index (χ0n) is 12.5. The highest BCUT2D eigenvalue weighted by molar-refractivity contribution is 5.92. The fraction of sp³-hybridized carbons (Fsp3) is 0.353. The van der Waals surface area contributed by atoms with Crippen molar-refractivity contribution >= 4 is 5.91 Å². The molecule has 2 rings (SSSR count). The van der Waals surface area contributed by atoms with Crippen molar-refractivity contribution in [2.75, 3.05) is 13.6 Å². The Labute approximate surface area is 125 Å². The summed E-state index contributed by atoms with van der Waals surface area (Å²) < 4.78 is 11.0. The number of benzene rings is 1. The molecule has 1 amide bonds. The Morgan fingerprint density at radius 2 is 2.00 bits per heavy atom. The molecule has 0 fully saturated rings.